The minimum atomic E-state index is -2.95. The Morgan fingerprint density at radius 1 is 1.67 bits per heavy atom. The number of aromatic hydroxyl groups is 1. The SMILES string of the molecule is COC(=O)c1nc(Cl)cc(C(F)F)c1O. The third-order valence-electron chi connectivity index (χ3n) is 1.60. The number of carbonyl (C=O) groups is 1. The number of nitrogens with zero attached hydrogens (tertiary/aromatic N) is 1. The van der Waals surface area contributed by atoms with E-state index >= 15 is 0 Å². The van der Waals surface area contributed by atoms with Gasteiger partial charge in [-0.2, -0.15) is 0 Å². The molecule has 15 heavy (non-hydrogen) atoms. The monoisotopic (exact) mass is 237 g/mol. The molecule has 1 N–H and O–H groups in total. The smallest absolute Gasteiger partial charge is 0.360 e. The summed E-state index contributed by atoms with van der Waals surface area (Å²) in [5.41, 5.74) is -1.38. The van der Waals surface area contributed by atoms with Gasteiger partial charge in [0.1, 0.15) is 5.15 Å². The summed E-state index contributed by atoms with van der Waals surface area (Å²) in [7, 11) is 1.03. The number of alkyl halides is 2. The largest absolute Gasteiger partial charge is 0.505 e. The average molecular weight is 238 g/mol. The maximum atomic E-state index is 12.4. The zero-order valence-electron chi connectivity index (χ0n) is 7.50. The predicted octanol–water partition coefficient (Wildman–Crippen LogP) is 2.16. The topological polar surface area (TPSA) is 59.4 Å². The molecule has 0 aromatic carbocycles. The molecule has 7 heteroatoms. The number of hydrogen-bond donors (Lipinski definition) is 1. The number of ether oxygens (including phenoxy) is 1. The molecule has 0 amide bonds. The Kier molecular flexibility index (Phi) is 3.41. The Morgan fingerprint density at radius 3 is 2.73 bits per heavy atom. The van der Waals surface area contributed by atoms with Gasteiger partial charge in [0.15, 0.2) is 11.4 Å². The van der Waals surface area contributed by atoms with E-state index in [-0.39, 0.29) is 5.15 Å². The van der Waals surface area contributed by atoms with Gasteiger partial charge < -0.3 is 9.84 Å². The number of carbonyl (C=O) groups excluding carboxylic acids is 1. The Labute approximate surface area is 88.4 Å². The fourth-order valence-corrected chi connectivity index (χ4v) is 1.13. The van der Waals surface area contributed by atoms with E-state index in [1.54, 1.807) is 0 Å². The summed E-state index contributed by atoms with van der Waals surface area (Å²) >= 11 is 5.40. The quantitative estimate of drug-likeness (QED) is 0.633. The van der Waals surface area contributed by atoms with Gasteiger partial charge >= 0.3 is 5.97 Å². The normalized spacial score (nSPS) is 10.5. The molecule has 1 aromatic rings. The van der Waals surface area contributed by atoms with Crippen LogP contribution in [-0.2, 0) is 4.74 Å². The van der Waals surface area contributed by atoms with Crippen LogP contribution in [0.1, 0.15) is 22.5 Å². The first-order valence-corrected chi connectivity index (χ1v) is 4.11. The Hall–Kier alpha value is -1.43. The zero-order chi connectivity index (χ0) is 11.6. The molecule has 0 unspecified atom stereocenters. The van der Waals surface area contributed by atoms with Crippen LogP contribution < -0.4 is 0 Å². The standard InChI is InChI=1S/C8H6ClF2NO3/c1-15-8(14)5-6(13)3(7(10)11)2-4(9)12-5/h2,7,13H,1H3. The first-order chi connectivity index (χ1) is 6.97. The number of esters is 1. The van der Waals surface area contributed by atoms with Crippen molar-refractivity contribution in [2.75, 3.05) is 7.11 Å². The minimum Gasteiger partial charge on any atom is -0.505 e. The second-order valence-electron chi connectivity index (χ2n) is 2.52. The number of pyridine rings is 1. The first-order valence-electron chi connectivity index (χ1n) is 3.73. The molecule has 82 valence electrons. The highest BCUT2D eigenvalue weighted by Gasteiger charge is 2.23. The molecule has 0 saturated carbocycles. The second-order valence-corrected chi connectivity index (χ2v) is 2.91. The van der Waals surface area contributed by atoms with Crippen molar-refractivity contribution in [3.63, 3.8) is 0 Å². The molecule has 0 saturated heterocycles. The van der Waals surface area contributed by atoms with Crippen LogP contribution in [0.4, 0.5) is 8.78 Å². The molecule has 1 heterocycles. The molecule has 0 radical (unpaired) electrons. The molecule has 0 bridgehead atoms. The van der Waals surface area contributed by atoms with Crippen LogP contribution in [0, 0.1) is 0 Å². The Bertz CT molecular complexity index is 398. The molecular weight excluding hydrogens is 232 g/mol. The number of hydrogen-bond acceptors (Lipinski definition) is 4. The van der Waals surface area contributed by atoms with Crippen molar-refractivity contribution in [3.8, 4) is 5.75 Å². The van der Waals surface area contributed by atoms with E-state index in [0.717, 1.165) is 13.2 Å². The summed E-state index contributed by atoms with van der Waals surface area (Å²) in [6.07, 6.45) is -2.95. The van der Waals surface area contributed by atoms with E-state index in [4.69, 9.17) is 11.6 Å². The molecule has 1 aromatic heterocycles. The molecule has 0 aliphatic rings. The lowest BCUT2D eigenvalue weighted by Crippen LogP contribution is -2.06. The van der Waals surface area contributed by atoms with Crippen LogP contribution in [0.5, 0.6) is 5.75 Å². The highest BCUT2D eigenvalue weighted by atomic mass is 35.5. The van der Waals surface area contributed by atoms with Crippen molar-refractivity contribution in [2.45, 2.75) is 6.43 Å². The van der Waals surface area contributed by atoms with E-state index in [1.807, 2.05) is 0 Å². The maximum absolute atomic E-state index is 12.4. The Balaban J connectivity index is 3.34. The van der Waals surface area contributed by atoms with Crippen molar-refractivity contribution >= 4 is 17.6 Å². The van der Waals surface area contributed by atoms with Gasteiger partial charge in [-0.3, -0.25) is 0 Å². The third-order valence-corrected chi connectivity index (χ3v) is 1.80. The molecular formula is C8H6ClF2NO3. The predicted molar refractivity (Wildman–Crippen MR) is 47.2 cm³/mol. The van der Waals surface area contributed by atoms with Crippen LogP contribution in [-0.4, -0.2) is 23.2 Å². The van der Waals surface area contributed by atoms with Crippen molar-refractivity contribution < 1.29 is 23.4 Å². The summed E-state index contributed by atoms with van der Waals surface area (Å²) in [4.78, 5) is 14.4. The number of methoxy groups -OCH3 is 1. The lowest BCUT2D eigenvalue weighted by Gasteiger charge is -2.07. The zero-order valence-corrected chi connectivity index (χ0v) is 8.26. The van der Waals surface area contributed by atoms with Crippen molar-refractivity contribution in [3.05, 3.63) is 22.5 Å². The van der Waals surface area contributed by atoms with Gasteiger partial charge in [0.2, 0.25) is 0 Å². The fraction of sp³-hybridized carbons (Fsp3) is 0.250. The van der Waals surface area contributed by atoms with Crippen molar-refractivity contribution in [1.29, 1.82) is 0 Å². The van der Waals surface area contributed by atoms with Crippen LogP contribution in [0.15, 0.2) is 6.07 Å². The molecule has 0 aliphatic carbocycles. The van der Waals surface area contributed by atoms with Gasteiger partial charge in [0.05, 0.1) is 12.7 Å². The molecule has 0 atom stereocenters. The van der Waals surface area contributed by atoms with Gasteiger partial charge in [0.25, 0.3) is 6.43 Å². The number of rotatable bonds is 2. The number of aromatic nitrogens is 1. The summed E-state index contributed by atoms with van der Waals surface area (Å²) in [5.74, 6) is -1.95. The van der Waals surface area contributed by atoms with Crippen molar-refractivity contribution in [1.82, 2.24) is 4.98 Å². The van der Waals surface area contributed by atoms with E-state index in [1.165, 1.54) is 0 Å². The van der Waals surface area contributed by atoms with Gasteiger partial charge in [-0.15, -0.1) is 0 Å². The van der Waals surface area contributed by atoms with E-state index < -0.39 is 29.4 Å². The summed E-state index contributed by atoms with van der Waals surface area (Å²) < 4.78 is 29.0. The third kappa shape index (κ3) is 2.33. The van der Waals surface area contributed by atoms with Crippen LogP contribution in [0.2, 0.25) is 5.15 Å². The average Bonchev–Trinajstić information content (AvgIpc) is 2.19. The van der Waals surface area contributed by atoms with Crippen LogP contribution in [0.25, 0.3) is 0 Å². The fourth-order valence-electron chi connectivity index (χ4n) is 0.931. The minimum absolute atomic E-state index is 0.316. The van der Waals surface area contributed by atoms with Gasteiger partial charge in [-0.25, -0.2) is 18.6 Å². The Morgan fingerprint density at radius 2 is 2.27 bits per heavy atom. The lowest BCUT2D eigenvalue weighted by molar-refractivity contribution is 0.0589. The molecule has 4 nitrogen and oxygen atoms in total. The molecule has 0 fully saturated rings. The van der Waals surface area contributed by atoms with E-state index in [2.05, 4.69) is 9.72 Å². The highest BCUT2D eigenvalue weighted by Crippen LogP contribution is 2.32. The van der Waals surface area contributed by atoms with Crippen LogP contribution >= 0.6 is 11.6 Å². The molecule has 1 rings (SSSR count). The highest BCUT2D eigenvalue weighted by molar-refractivity contribution is 6.29. The molecule has 0 aliphatic heterocycles. The van der Waals surface area contributed by atoms with E-state index in [0.29, 0.717) is 0 Å². The summed E-state index contributed by atoms with van der Waals surface area (Å²) in [6, 6.07) is 0.786. The first kappa shape index (κ1) is 11.6. The van der Waals surface area contributed by atoms with Crippen LogP contribution in [0.3, 0.4) is 0 Å². The van der Waals surface area contributed by atoms with E-state index in [9.17, 15) is 18.7 Å². The lowest BCUT2D eigenvalue weighted by atomic mass is 10.2. The van der Waals surface area contributed by atoms with Gasteiger partial charge in [0, 0.05) is 0 Å². The number of halogens is 3. The summed E-state index contributed by atoms with van der Waals surface area (Å²) in [5, 5.41) is 8.97. The van der Waals surface area contributed by atoms with Gasteiger partial charge in [-0.05, 0) is 6.07 Å². The van der Waals surface area contributed by atoms with Crippen molar-refractivity contribution in [2.24, 2.45) is 0 Å². The van der Waals surface area contributed by atoms with Gasteiger partial charge in [-0.1, -0.05) is 11.6 Å². The second kappa shape index (κ2) is 4.39. The maximum Gasteiger partial charge on any atom is 0.360 e. The molecule has 0 spiro atoms. The summed E-state index contributed by atoms with van der Waals surface area (Å²) in [6.45, 7) is 0.